The lowest BCUT2D eigenvalue weighted by atomic mass is 9.87. The molecule has 0 atom stereocenters. The van der Waals surface area contributed by atoms with Crippen LogP contribution in [0.3, 0.4) is 0 Å². The summed E-state index contributed by atoms with van der Waals surface area (Å²) in [6, 6.07) is 2.03. The van der Waals surface area contributed by atoms with Crippen molar-refractivity contribution in [3.05, 3.63) is 40.3 Å². The zero-order valence-electron chi connectivity index (χ0n) is 15.3. The molecular weight excluding hydrogens is 346 g/mol. The summed E-state index contributed by atoms with van der Waals surface area (Å²) in [7, 11) is 1.49. The number of aromatic nitrogens is 5. The summed E-state index contributed by atoms with van der Waals surface area (Å²) in [5.41, 5.74) is 2.16. The van der Waals surface area contributed by atoms with E-state index in [0.29, 0.717) is 16.8 Å². The Hall–Kier alpha value is -2.87. The van der Waals surface area contributed by atoms with Gasteiger partial charge in [-0.15, -0.1) is 0 Å². The van der Waals surface area contributed by atoms with Crippen molar-refractivity contribution in [2.24, 2.45) is 0 Å². The number of ether oxygens (including phenoxy) is 1. The van der Waals surface area contributed by atoms with Crippen LogP contribution in [0, 0.1) is 6.92 Å². The van der Waals surface area contributed by atoms with E-state index in [1.54, 1.807) is 18.5 Å². The van der Waals surface area contributed by atoms with Gasteiger partial charge in [0, 0.05) is 29.3 Å². The van der Waals surface area contributed by atoms with E-state index in [1.165, 1.54) is 7.11 Å². The average molecular weight is 367 g/mol. The standard InChI is InChI=1S/C19H21N5O3/c1-10-14-7-15(12-8-20-19(27-2)21-9-12)18(26)24-17(14)23-16(22-10)11-3-5-13(25)6-4-11/h7-9,11,13,25H,3-6H2,1-2H3,(H,22,23,24,26). The van der Waals surface area contributed by atoms with E-state index < -0.39 is 0 Å². The number of aliphatic hydroxyl groups is 1. The van der Waals surface area contributed by atoms with Crippen LogP contribution in [0.1, 0.15) is 43.1 Å². The molecule has 3 aromatic heterocycles. The molecule has 0 unspecified atom stereocenters. The van der Waals surface area contributed by atoms with Crippen LogP contribution in [0.25, 0.3) is 22.2 Å². The number of methoxy groups -OCH3 is 1. The van der Waals surface area contributed by atoms with Gasteiger partial charge in [0.2, 0.25) is 0 Å². The van der Waals surface area contributed by atoms with E-state index in [2.05, 4.69) is 24.9 Å². The highest BCUT2D eigenvalue weighted by Crippen LogP contribution is 2.32. The summed E-state index contributed by atoms with van der Waals surface area (Å²) in [4.78, 5) is 32.9. The smallest absolute Gasteiger partial charge is 0.316 e. The predicted octanol–water partition coefficient (Wildman–Crippen LogP) is 2.11. The van der Waals surface area contributed by atoms with Gasteiger partial charge in [-0.05, 0) is 38.7 Å². The molecule has 8 heteroatoms. The third kappa shape index (κ3) is 3.40. The summed E-state index contributed by atoms with van der Waals surface area (Å²) < 4.78 is 4.96. The fourth-order valence-electron chi connectivity index (χ4n) is 3.55. The minimum Gasteiger partial charge on any atom is -0.467 e. The van der Waals surface area contributed by atoms with Gasteiger partial charge >= 0.3 is 6.01 Å². The molecule has 0 radical (unpaired) electrons. The maximum atomic E-state index is 12.6. The molecule has 0 aromatic carbocycles. The first-order chi connectivity index (χ1) is 13.0. The monoisotopic (exact) mass is 367 g/mol. The number of H-pyrrole nitrogens is 1. The molecule has 3 aromatic rings. The molecule has 8 nitrogen and oxygen atoms in total. The Bertz CT molecular complexity index is 1020. The van der Waals surface area contributed by atoms with Crippen LogP contribution >= 0.6 is 0 Å². The minimum absolute atomic E-state index is 0.217. The zero-order valence-corrected chi connectivity index (χ0v) is 15.3. The van der Waals surface area contributed by atoms with E-state index in [-0.39, 0.29) is 23.6 Å². The van der Waals surface area contributed by atoms with E-state index >= 15 is 0 Å². The van der Waals surface area contributed by atoms with Gasteiger partial charge in [-0.1, -0.05) is 0 Å². The van der Waals surface area contributed by atoms with Gasteiger partial charge < -0.3 is 14.8 Å². The molecule has 140 valence electrons. The Labute approximate surface area is 155 Å². The van der Waals surface area contributed by atoms with Gasteiger partial charge in [0.25, 0.3) is 5.56 Å². The number of rotatable bonds is 3. The largest absolute Gasteiger partial charge is 0.467 e. The van der Waals surface area contributed by atoms with Gasteiger partial charge in [0.15, 0.2) is 0 Å². The molecule has 27 heavy (non-hydrogen) atoms. The Morgan fingerprint density at radius 2 is 1.85 bits per heavy atom. The maximum absolute atomic E-state index is 12.6. The molecule has 1 fully saturated rings. The molecule has 1 aliphatic carbocycles. The van der Waals surface area contributed by atoms with Gasteiger partial charge in [0.1, 0.15) is 11.5 Å². The van der Waals surface area contributed by atoms with E-state index in [4.69, 9.17) is 4.74 Å². The molecule has 0 bridgehead atoms. The number of pyridine rings is 1. The van der Waals surface area contributed by atoms with Gasteiger partial charge in [-0.25, -0.2) is 19.9 Å². The highest BCUT2D eigenvalue weighted by molar-refractivity contribution is 5.82. The minimum atomic E-state index is -0.251. The Balaban J connectivity index is 1.75. The number of aromatic amines is 1. The lowest BCUT2D eigenvalue weighted by Gasteiger charge is -2.24. The molecule has 2 N–H and O–H groups in total. The Morgan fingerprint density at radius 1 is 1.15 bits per heavy atom. The molecule has 1 aliphatic rings. The first kappa shape index (κ1) is 17.5. The van der Waals surface area contributed by atoms with Crippen LogP contribution in [0.15, 0.2) is 23.3 Å². The fourth-order valence-corrected chi connectivity index (χ4v) is 3.55. The van der Waals surface area contributed by atoms with Crippen molar-refractivity contribution in [2.75, 3.05) is 7.11 Å². The van der Waals surface area contributed by atoms with Crippen LogP contribution < -0.4 is 10.3 Å². The average Bonchev–Trinajstić information content (AvgIpc) is 2.68. The molecule has 4 rings (SSSR count). The van der Waals surface area contributed by atoms with Crippen molar-refractivity contribution in [1.29, 1.82) is 0 Å². The number of nitrogens with zero attached hydrogens (tertiary/aromatic N) is 4. The van der Waals surface area contributed by atoms with Gasteiger partial charge in [-0.3, -0.25) is 4.79 Å². The second kappa shape index (κ2) is 7.03. The highest BCUT2D eigenvalue weighted by Gasteiger charge is 2.24. The molecule has 0 aliphatic heterocycles. The first-order valence-electron chi connectivity index (χ1n) is 9.01. The summed E-state index contributed by atoms with van der Waals surface area (Å²) in [5.74, 6) is 0.956. The van der Waals surface area contributed by atoms with Gasteiger partial charge in [0.05, 0.1) is 24.5 Å². The van der Waals surface area contributed by atoms with Crippen LogP contribution in [0.5, 0.6) is 6.01 Å². The molecule has 3 heterocycles. The lowest BCUT2D eigenvalue weighted by molar-refractivity contribution is 0.121. The highest BCUT2D eigenvalue weighted by atomic mass is 16.5. The third-order valence-electron chi connectivity index (χ3n) is 5.10. The van der Waals surface area contributed by atoms with Crippen molar-refractivity contribution in [3.63, 3.8) is 0 Å². The van der Waals surface area contributed by atoms with Crippen molar-refractivity contribution in [3.8, 4) is 17.1 Å². The number of hydrogen-bond donors (Lipinski definition) is 2. The van der Waals surface area contributed by atoms with E-state index in [1.807, 2.05) is 6.92 Å². The van der Waals surface area contributed by atoms with Crippen LogP contribution in [0.4, 0.5) is 0 Å². The maximum Gasteiger partial charge on any atom is 0.316 e. The predicted molar refractivity (Wildman–Crippen MR) is 99.7 cm³/mol. The Kier molecular flexibility index (Phi) is 4.57. The molecule has 0 spiro atoms. The molecule has 1 saturated carbocycles. The summed E-state index contributed by atoms with van der Waals surface area (Å²) in [5, 5.41) is 10.5. The normalized spacial score (nSPS) is 20.0. The Morgan fingerprint density at radius 3 is 2.52 bits per heavy atom. The summed E-state index contributed by atoms with van der Waals surface area (Å²) in [6.07, 6.45) is 6.13. The van der Waals surface area contributed by atoms with Crippen LogP contribution in [-0.2, 0) is 0 Å². The number of nitrogens with one attached hydrogen (secondary N) is 1. The first-order valence-corrected chi connectivity index (χ1v) is 9.01. The summed E-state index contributed by atoms with van der Waals surface area (Å²) in [6.45, 7) is 1.91. The van der Waals surface area contributed by atoms with Crippen LogP contribution in [0.2, 0.25) is 0 Å². The van der Waals surface area contributed by atoms with Crippen molar-refractivity contribution in [2.45, 2.75) is 44.6 Å². The molecular formula is C19H21N5O3. The topological polar surface area (TPSA) is 114 Å². The lowest BCUT2D eigenvalue weighted by Crippen LogP contribution is -2.19. The van der Waals surface area contributed by atoms with Gasteiger partial charge in [-0.2, -0.15) is 0 Å². The second-order valence-electron chi connectivity index (χ2n) is 6.91. The second-order valence-corrected chi connectivity index (χ2v) is 6.91. The quantitative estimate of drug-likeness (QED) is 0.729. The number of fused-ring (bicyclic) bond motifs is 1. The van der Waals surface area contributed by atoms with Crippen molar-refractivity contribution in [1.82, 2.24) is 24.9 Å². The number of aryl methyl sites for hydroxylation is 1. The number of aliphatic hydroxyl groups excluding tert-OH is 1. The van der Waals surface area contributed by atoms with E-state index in [9.17, 15) is 9.90 Å². The van der Waals surface area contributed by atoms with Crippen molar-refractivity contribution >= 4 is 11.0 Å². The fraction of sp³-hybridized carbons (Fsp3) is 0.421. The van der Waals surface area contributed by atoms with Crippen LogP contribution in [-0.4, -0.2) is 43.2 Å². The third-order valence-corrected chi connectivity index (χ3v) is 5.10. The number of hydrogen-bond acceptors (Lipinski definition) is 7. The zero-order chi connectivity index (χ0) is 19.0. The molecule has 0 amide bonds. The molecule has 0 saturated heterocycles. The summed E-state index contributed by atoms with van der Waals surface area (Å²) >= 11 is 0. The van der Waals surface area contributed by atoms with Crippen molar-refractivity contribution < 1.29 is 9.84 Å². The van der Waals surface area contributed by atoms with E-state index in [0.717, 1.165) is 42.6 Å². The SMILES string of the molecule is COc1ncc(-c2cc3c(C)nc(C4CCC(O)CC4)nc3[nH]c2=O)cn1.